The summed E-state index contributed by atoms with van der Waals surface area (Å²) in [4.78, 5) is 11.6. The van der Waals surface area contributed by atoms with Crippen LogP contribution in [-0.4, -0.2) is 5.97 Å². The summed E-state index contributed by atoms with van der Waals surface area (Å²) in [6.45, 7) is 1.53. The van der Waals surface area contributed by atoms with Gasteiger partial charge in [-0.1, -0.05) is 0 Å². The van der Waals surface area contributed by atoms with Gasteiger partial charge >= 0.3 is 130 Å². The summed E-state index contributed by atoms with van der Waals surface area (Å²) >= 11 is -1.29. The van der Waals surface area contributed by atoms with Crippen molar-refractivity contribution in [3.8, 4) is 0 Å². The van der Waals surface area contributed by atoms with Crippen molar-refractivity contribution in [2.75, 3.05) is 0 Å². The number of benzene rings is 1. The Labute approximate surface area is 129 Å². The van der Waals surface area contributed by atoms with Crippen LogP contribution in [0.4, 0.5) is 0 Å². The molecule has 2 nitrogen and oxygen atoms in total. The Hall–Kier alpha value is -0.0849. The van der Waals surface area contributed by atoms with E-state index in [9.17, 15) is 4.79 Å². The summed E-state index contributed by atoms with van der Waals surface area (Å²) in [5.41, 5.74) is 0.819. The van der Waals surface area contributed by atoms with Gasteiger partial charge in [0, 0.05) is 0 Å². The molecule has 0 heterocycles. The quantitative estimate of drug-likeness (QED) is 0.500. The van der Waals surface area contributed by atoms with E-state index in [2.05, 4.69) is 12.1 Å². The van der Waals surface area contributed by atoms with E-state index < -0.39 is 23.3 Å². The first-order valence-corrected chi connectivity index (χ1v) is 17.0. The van der Waals surface area contributed by atoms with Gasteiger partial charge in [-0.15, -0.1) is 0 Å². The van der Waals surface area contributed by atoms with Crippen molar-refractivity contribution in [3.05, 3.63) is 35.9 Å². The van der Waals surface area contributed by atoms with E-state index in [-0.39, 0.29) is 11.6 Å². The molecular weight excluding hydrogens is 448 g/mol. The Balaban J connectivity index is 2.02. The molecule has 3 rings (SSSR count). The van der Waals surface area contributed by atoms with Crippen molar-refractivity contribution < 1.29 is 32.9 Å². The van der Waals surface area contributed by atoms with Crippen molar-refractivity contribution in [1.29, 1.82) is 0 Å². The zero-order chi connectivity index (χ0) is 13.5. The molecule has 0 N–H and O–H groups in total. The molecule has 4 heteroatoms. The van der Waals surface area contributed by atoms with Gasteiger partial charge < -0.3 is 0 Å². The molecule has 2 aliphatic rings. The summed E-state index contributed by atoms with van der Waals surface area (Å²) in [5.74, 6) is 0.805. The molecule has 0 saturated heterocycles. The summed E-state index contributed by atoms with van der Waals surface area (Å²) < 4.78 is 6.61. The van der Waals surface area contributed by atoms with E-state index in [4.69, 9.17) is 13.0 Å². The van der Waals surface area contributed by atoms with Crippen molar-refractivity contribution in [3.63, 3.8) is 0 Å². The number of rotatable bonds is 3. The second kappa shape index (κ2) is 5.36. The minimum atomic E-state index is -1.29. The number of carbonyl (C=O) groups is 1. The van der Waals surface area contributed by atoms with E-state index in [0.717, 1.165) is 16.3 Å². The first-order chi connectivity index (χ1) is 9.20. The molecule has 2 saturated carbocycles. The third-order valence-corrected chi connectivity index (χ3v) is 13.8. The van der Waals surface area contributed by atoms with Gasteiger partial charge in [0.25, 0.3) is 0 Å². The Morgan fingerprint density at radius 3 is 2.47 bits per heavy atom. The number of carbonyl (C=O) groups excluding carboxylic acids is 1. The zero-order valence-corrected chi connectivity index (χ0v) is 17.4. The van der Waals surface area contributed by atoms with Gasteiger partial charge in [-0.05, 0) is 0 Å². The first-order valence-electron chi connectivity index (χ1n) is 7.01. The van der Waals surface area contributed by atoms with Gasteiger partial charge in [-0.25, -0.2) is 0 Å². The number of ether oxygens (including phenoxy) is 1. The Morgan fingerprint density at radius 2 is 1.95 bits per heavy atom. The number of halogens is 1. The molecule has 0 spiro atoms. The standard InChI is InChI=1S/C15H17O2.ClH.Hg/c1-11(16)17-15(12-6-3-2-4-7-12)13-8-5-9-14(15)10-13;;/h2-4,6-7,10,13-14H,5,8-9H2,1H3;1H;/q;;+1/p-1/t13-,14+,15?;;. The molecule has 2 bridgehead atoms. The van der Waals surface area contributed by atoms with Gasteiger partial charge in [0.15, 0.2) is 0 Å². The maximum absolute atomic E-state index is 11.6. The van der Waals surface area contributed by atoms with Crippen LogP contribution in [0.25, 0.3) is 0 Å². The molecule has 1 aromatic carbocycles. The average molecular weight is 465 g/mol. The SMILES string of the molecule is CC(=O)OC1(c2ccccc2)[C@@H]2CCC[C@H]1[CH]2[Hg][Cl]. The normalized spacial score (nSPS) is 36.0. The fourth-order valence-electron chi connectivity index (χ4n) is 4.28. The number of hydrogen-bond acceptors (Lipinski definition) is 2. The number of fused-ring (bicyclic) bond motifs is 2. The van der Waals surface area contributed by atoms with Crippen molar-refractivity contribution >= 4 is 14.2 Å². The molecule has 0 aromatic heterocycles. The van der Waals surface area contributed by atoms with E-state index in [1.807, 2.05) is 18.2 Å². The fourth-order valence-corrected chi connectivity index (χ4v) is 14.3. The van der Waals surface area contributed by atoms with Crippen molar-refractivity contribution in [1.82, 2.24) is 0 Å². The summed E-state index contributed by atoms with van der Waals surface area (Å²) in [6, 6.07) is 10.3. The summed E-state index contributed by atoms with van der Waals surface area (Å²) in [7, 11) is 6.34. The molecule has 2 aliphatic carbocycles. The van der Waals surface area contributed by atoms with Crippen LogP contribution in [0.5, 0.6) is 0 Å². The van der Waals surface area contributed by atoms with E-state index in [1.165, 1.54) is 18.9 Å². The molecule has 0 amide bonds. The van der Waals surface area contributed by atoms with Gasteiger partial charge in [0.1, 0.15) is 0 Å². The fraction of sp³-hybridized carbons (Fsp3) is 0.533. The van der Waals surface area contributed by atoms with Crippen LogP contribution in [0.3, 0.4) is 0 Å². The Bertz CT molecular complexity index is 464. The van der Waals surface area contributed by atoms with Gasteiger partial charge in [-0.2, -0.15) is 0 Å². The van der Waals surface area contributed by atoms with Crippen LogP contribution in [0.15, 0.2) is 30.3 Å². The van der Waals surface area contributed by atoms with Crippen LogP contribution < -0.4 is 0 Å². The molecule has 2 fully saturated rings. The molecule has 2 unspecified atom stereocenters. The molecule has 1 aromatic rings. The van der Waals surface area contributed by atoms with Crippen LogP contribution in [0, 0.1) is 11.8 Å². The molecule has 19 heavy (non-hydrogen) atoms. The molecule has 98 valence electrons. The molecule has 0 radical (unpaired) electrons. The first kappa shape index (κ1) is 13.9. The van der Waals surface area contributed by atoms with E-state index in [1.54, 1.807) is 0 Å². The average Bonchev–Trinajstić information content (AvgIpc) is 2.45. The van der Waals surface area contributed by atoms with E-state index >= 15 is 0 Å². The monoisotopic (exact) mass is 466 g/mol. The summed E-state index contributed by atoms with van der Waals surface area (Å²) in [5, 5.41) is 0. The van der Waals surface area contributed by atoms with E-state index in [0.29, 0.717) is 11.8 Å². The second-order valence-electron chi connectivity index (χ2n) is 5.71. The van der Waals surface area contributed by atoms with Crippen molar-refractivity contribution in [2.24, 2.45) is 11.8 Å². The van der Waals surface area contributed by atoms with Crippen LogP contribution >= 0.6 is 8.25 Å². The molecule has 4 atom stereocenters. The second-order valence-corrected chi connectivity index (χ2v) is 13.3. The maximum atomic E-state index is 11.6. The molecule has 0 aliphatic heterocycles. The predicted octanol–water partition coefficient (Wildman–Crippen LogP) is 3.90. The van der Waals surface area contributed by atoms with Crippen LogP contribution in [0.2, 0.25) is 3.43 Å². The third kappa shape index (κ3) is 2.06. The number of hydrogen-bond donors (Lipinski definition) is 0. The summed E-state index contributed by atoms with van der Waals surface area (Å²) in [6.07, 6.45) is 3.58. The minimum absolute atomic E-state index is 0.162. The Kier molecular flexibility index (Phi) is 3.92. The van der Waals surface area contributed by atoms with Gasteiger partial charge in [-0.3, -0.25) is 0 Å². The van der Waals surface area contributed by atoms with Gasteiger partial charge in [0.05, 0.1) is 0 Å². The van der Waals surface area contributed by atoms with Gasteiger partial charge in [0.2, 0.25) is 0 Å². The predicted molar refractivity (Wildman–Crippen MR) is 70.3 cm³/mol. The topological polar surface area (TPSA) is 26.3 Å². The Morgan fingerprint density at radius 1 is 1.32 bits per heavy atom. The van der Waals surface area contributed by atoms with Crippen LogP contribution in [-0.2, 0) is 38.5 Å². The number of esters is 1. The zero-order valence-electron chi connectivity index (χ0n) is 11.1. The molecular formula is C15H17ClHgO2. The van der Waals surface area contributed by atoms with Crippen molar-refractivity contribution in [2.45, 2.75) is 35.2 Å². The third-order valence-electron chi connectivity index (χ3n) is 4.88. The van der Waals surface area contributed by atoms with Crippen LogP contribution in [0.1, 0.15) is 31.7 Å².